The second kappa shape index (κ2) is 11.8. The lowest BCUT2D eigenvalue weighted by Crippen LogP contribution is -2.29. The van der Waals surface area contributed by atoms with E-state index in [-0.39, 0.29) is 0 Å². The molecule has 1 aliphatic rings. The van der Waals surface area contributed by atoms with Gasteiger partial charge in [0, 0.05) is 22.1 Å². The molecule has 2 aromatic rings. The maximum Gasteiger partial charge on any atom is 0.162 e. The first-order valence-electron chi connectivity index (χ1n) is 10.7. The van der Waals surface area contributed by atoms with Crippen molar-refractivity contribution < 1.29 is 9.47 Å². The van der Waals surface area contributed by atoms with Crippen LogP contribution in [0.5, 0.6) is 11.5 Å². The molecule has 3 rings (SSSR count). The van der Waals surface area contributed by atoms with E-state index in [0.29, 0.717) is 24.3 Å². The summed E-state index contributed by atoms with van der Waals surface area (Å²) < 4.78 is 13.0. The summed E-state index contributed by atoms with van der Waals surface area (Å²) in [6.45, 7) is 3.88. The van der Waals surface area contributed by atoms with Gasteiger partial charge in [-0.25, -0.2) is 0 Å². The Morgan fingerprint density at radius 1 is 1.00 bits per heavy atom. The van der Waals surface area contributed by atoms with Gasteiger partial charge < -0.3 is 14.8 Å². The third-order valence-corrected chi connectivity index (χ3v) is 6.36. The fraction of sp³-hybridized carbons (Fsp3) is 0.500. The van der Waals surface area contributed by atoms with Crippen molar-refractivity contribution >= 4 is 27.5 Å². The number of hydrogen-bond acceptors (Lipinski definition) is 3. The molecule has 3 nitrogen and oxygen atoms in total. The average molecular weight is 481 g/mol. The molecule has 0 aromatic heterocycles. The highest BCUT2D eigenvalue weighted by Gasteiger charge is 2.14. The van der Waals surface area contributed by atoms with Crippen LogP contribution in [0.15, 0.2) is 40.9 Å². The molecule has 2 aromatic carbocycles. The van der Waals surface area contributed by atoms with E-state index in [4.69, 9.17) is 21.1 Å². The quantitative estimate of drug-likeness (QED) is 0.430. The topological polar surface area (TPSA) is 30.5 Å². The standard InChI is InChI=1S/C24H31BrClNO2/c1-2-28-23-14-19(16-27-21-11-6-4-3-5-7-12-21)22(25)15-24(23)29-17-18-9-8-10-20(26)13-18/h8-10,13-15,21,27H,2-7,11-12,16-17H2,1H3. The predicted octanol–water partition coefficient (Wildman–Crippen LogP) is 7.28. The van der Waals surface area contributed by atoms with Crippen molar-refractivity contribution in [2.45, 2.75) is 71.1 Å². The number of nitrogens with one attached hydrogen (secondary N) is 1. The van der Waals surface area contributed by atoms with Crippen molar-refractivity contribution in [2.75, 3.05) is 6.61 Å². The van der Waals surface area contributed by atoms with Crippen LogP contribution in [-0.2, 0) is 13.2 Å². The Kier molecular flexibility index (Phi) is 9.16. The van der Waals surface area contributed by atoms with Gasteiger partial charge in [-0.05, 0) is 55.2 Å². The zero-order chi connectivity index (χ0) is 20.5. The lowest BCUT2D eigenvalue weighted by Gasteiger charge is -2.22. The molecule has 158 valence electrons. The van der Waals surface area contributed by atoms with E-state index in [0.717, 1.165) is 28.1 Å². The van der Waals surface area contributed by atoms with E-state index in [2.05, 4.69) is 27.3 Å². The smallest absolute Gasteiger partial charge is 0.162 e. The van der Waals surface area contributed by atoms with Gasteiger partial charge in [0.1, 0.15) is 6.61 Å². The summed E-state index contributed by atoms with van der Waals surface area (Å²) in [7, 11) is 0. The lowest BCUT2D eigenvalue weighted by atomic mass is 9.96. The first-order valence-corrected chi connectivity index (χ1v) is 11.9. The molecule has 0 atom stereocenters. The molecule has 0 amide bonds. The summed E-state index contributed by atoms with van der Waals surface area (Å²) in [6, 6.07) is 12.5. The van der Waals surface area contributed by atoms with Crippen LogP contribution in [-0.4, -0.2) is 12.6 Å². The molecule has 1 N–H and O–H groups in total. The van der Waals surface area contributed by atoms with Crippen LogP contribution >= 0.6 is 27.5 Å². The highest BCUT2D eigenvalue weighted by atomic mass is 79.9. The minimum atomic E-state index is 0.451. The Labute approximate surface area is 188 Å². The van der Waals surface area contributed by atoms with Gasteiger partial charge in [-0.1, -0.05) is 71.8 Å². The molecule has 1 aliphatic carbocycles. The summed E-state index contributed by atoms with van der Waals surface area (Å²) >= 11 is 9.80. The number of ether oxygens (including phenoxy) is 2. The van der Waals surface area contributed by atoms with Crippen LogP contribution < -0.4 is 14.8 Å². The third-order valence-electron chi connectivity index (χ3n) is 5.38. The number of rotatable bonds is 8. The minimum Gasteiger partial charge on any atom is -0.490 e. The van der Waals surface area contributed by atoms with Gasteiger partial charge >= 0.3 is 0 Å². The Bertz CT molecular complexity index is 775. The zero-order valence-electron chi connectivity index (χ0n) is 17.2. The van der Waals surface area contributed by atoms with Crippen molar-refractivity contribution in [2.24, 2.45) is 0 Å². The second-order valence-corrected chi connectivity index (χ2v) is 8.96. The van der Waals surface area contributed by atoms with Gasteiger partial charge in [-0.3, -0.25) is 0 Å². The first-order chi connectivity index (χ1) is 14.2. The summed E-state index contributed by atoms with van der Waals surface area (Å²) in [4.78, 5) is 0. The van der Waals surface area contributed by atoms with E-state index < -0.39 is 0 Å². The Hall–Kier alpha value is -1.23. The summed E-state index contributed by atoms with van der Waals surface area (Å²) in [5.74, 6) is 1.53. The zero-order valence-corrected chi connectivity index (χ0v) is 19.5. The first kappa shape index (κ1) is 22.5. The molecular formula is C24H31BrClNO2. The van der Waals surface area contributed by atoms with Crippen LogP contribution in [0.1, 0.15) is 63.0 Å². The molecule has 1 saturated carbocycles. The maximum atomic E-state index is 6.08. The summed E-state index contributed by atoms with van der Waals surface area (Å²) in [5, 5.41) is 4.47. The van der Waals surface area contributed by atoms with Gasteiger partial charge in [-0.2, -0.15) is 0 Å². The molecule has 5 heteroatoms. The lowest BCUT2D eigenvalue weighted by molar-refractivity contribution is 0.268. The van der Waals surface area contributed by atoms with Gasteiger partial charge in [0.15, 0.2) is 11.5 Å². The molecule has 0 bridgehead atoms. The van der Waals surface area contributed by atoms with Crippen LogP contribution in [0, 0.1) is 0 Å². The molecule has 0 spiro atoms. The van der Waals surface area contributed by atoms with E-state index >= 15 is 0 Å². The summed E-state index contributed by atoms with van der Waals surface area (Å²) in [5.41, 5.74) is 2.23. The molecule has 29 heavy (non-hydrogen) atoms. The highest BCUT2D eigenvalue weighted by molar-refractivity contribution is 9.10. The predicted molar refractivity (Wildman–Crippen MR) is 124 cm³/mol. The van der Waals surface area contributed by atoms with E-state index in [1.807, 2.05) is 37.3 Å². The molecule has 0 heterocycles. The average Bonchev–Trinajstić information content (AvgIpc) is 2.68. The van der Waals surface area contributed by atoms with Crippen LogP contribution in [0.25, 0.3) is 0 Å². The molecule has 0 aliphatic heterocycles. The number of benzene rings is 2. The largest absolute Gasteiger partial charge is 0.490 e. The number of halogens is 2. The third kappa shape index (κ3) is 7.20. The Morgan fingerprint density at radius 3 is 2.45 bits per heavy atom. The Morgan fingerprint density at radius 2 is 1.72 bits per heavy atom. The van der Waals surface area contributed by atoms with Crippen molar-refractivity contribution in [1.82, 2.24) is 5.32 Å². The van der Waals surface area contributed by atoms with Crippen LogP contribution in [0.3, 0.4) is 0 Å². The van der Waals surface area contributed by atoms with E-state index in [9.17, 15) is 0 Å². The van der Waals surface area contributed by atoms with Crippen molar-refractivity contribution in [3.63, 3.8) is 0 Å². The minimum absolute atomic E-state index is 0.451. The SMILES string of the molecule is CCOc1cc(CNC2CCCCCCC2)c(Br)cc1OCc1cccc(Cl)c1. The molecule has 0 radical (unpaired) electrons. The fourth-order valence-corrected chi connectivity index (χ4v) is 4.47. The van der Waals surface area contributed by atoms with Gasteiger partial charge in [0.25, 0.3) is 0 Å². The fourth-order valence-electron chi connectivity index (χ4n) is 3.80. The number of hydrogen-bond donors (Lipinski definition) is 1. The monoisotopic (exact) mass is 479 g/mol. The van der Waals surface area contributed by atoms with E-state index in [1.54, 1.807) is 0 Å². The normalized spacial score (nSPS) is 15.6. The van der Waals surface area contributed by atoms with E-state index in [1.165, 1.54) is 50.5 Å². The van der Waals surface area contributed by atoms with Crippen molar-refractivity contribution in [1.29, 1.82) is 0 Å². The van der Waals surface area contributed by atoms with Crippen molar-refractivity contribution in [3.8, 4) is 11.5 Å². The van der Waals surface area contributed by atoms with Gasteiger partial charge in [0.2, 0.25) is 0 Å². The maximum absolute atomic E-state index is 6.08. The summed E-state index contributed by atoms with van der Waals surface area (Å²) in [6.07, 6.45) is 9.35. The van der Waals surface area contributed by atoms with Gasteiger partial charge in [-0.15, -0.1) is 0 Å². The highest BCUT2D eigenvalue weighted by Crippen LogP contribution is 2.35. The van der Waals surface area contributed by atoms with Crippen LogP contribution in [0.2, 0.25) is 5.02 Å². The second-order valence-electron chi connectivity index (χ2n) is 7.66. The van der Waals surface area contributed by atoms with Crippen molar-refractivity contribution in [3.05, 3.63) is 57.0 Å². The van der Waals surface area contributed by atoms with Gasteiger partial charge in [0.05, 0.1) is 6.61 Å². The molecule has 0 unspecified atom stereocenters. The molecule has 0 saturated heterocycles. The molecule has 1 fully saturated rings. The Balaban J connectivity index is 1.66. The van der Waals surface area contributed by atoms with Crippen LogP contribution in [0.4, 0.5) is 0 Å². The molecular weight excluding hydrogens is 450 g/mol.